The highest BCUT2D eigenvalue weighted by Gasteiger charge is 2.16. The summed E-state index contributed by atoms with van der Waals surface area (Å²) in [7, 11) is 0. The van der Waals surface area contributed by atoms with Crippen LogP contribution in [0.25, 0.3) is 22.5 Å². The Kier molecular flexibility index (Phi) is 4.52. The molecule has 0 saturated carbocycles. The summed E-state index contributed by atoms with van der Waals surface area (Å²) < 4.78 is 21.6. The zero-order valence-electron chi connectivity index (χ0n) is 14.7. The zero-order valence-corrected chi connectivity index (χ0v) is 14.7. The highest BCUT2D eigenvalue weighted by atomic mass is 19.1. The molecule has 0 aliphatic rings. The molecule has 0 atom stereocenters. The van der Waals surface area contributed by atoms with Crippen LogP contribution in [-0.2, 0) is 13.0 Å². The average Bonchev–Trinajstić information content (AvgIpc) is 3.25. The van der Waals surface area contributed by atoms with Crippen LogP contribution in [0.5, 0.6) is 0 Å². The van der Waals surface area contributed by atoms with Gasteiger partial charge in [0.15, 0.2) is 0 Å². The molecule has 0 radical (unpaired) electrons. The Morgan fingerprint density at radius 3 is 2.77 bits per heavy atom. The van der Waals surface area contributed by atoms with Crippen LogP contribution in [0.1, 0.15) is 31.2 Å². The average molecular weight is 349 g/mol. The number of para-hydroxylation sites is 1. The standard InChI is InChI=1S/C21H20FN3O/c1-2-3-11-20-23-24-21(26-20)19-13-16-8-4-5-10-18(16)25(19)14-15-7-6-9-17(22)12-15/h4-10,12-13H,2-3,11,14H2,1H3. The quantitative estimate of drug-likeness (QED) is 0.479. The maximum Gasteiger partial charge on any atom is 0.264 e. The summed E-state index contributed by atoms with van der Waals surface area (Å²) in [6.07, 6.45) is 2.89. The lowest BCUT2D eigenvalue weighted by molar-refractivity contribution is 0.492. The van der Waals surface area contributed by atoms with Crippen LogP contribution in [0.2, 0.25) is 0 Å². The molecule has 0 aliphatic carbocycles. The third-order valence-corrected chi connectivity index (χ3v) is 4.47. The van der Waals surface area contributed by atoms with Crippen LogP contribution in [-0.4, -0.2) is 14.8 Å². The van der Waals surface area contributed by atoms with Gasteiger partial charge in [-0.15, -0.1) is 10.2 Å². The Hall–Kier alpha value is -2.95. The number of halogens is 1. The minimum absolute atomic E-state index is 0.236. The number of hydrogen-bond acceptors (Lipinski definition) is 3. The second-order valence-corrected chi connectivity index (χ2v) is 6.41. The lowest BCUT2D eigenvalue weighted by Gasteiger charge is -2.09. The van der Waals surface area contributed by atoms with Crippen molar-refractivity contribution in [3.63, 3.8) is 0 Å². The summed E-state index contributed by atoms with van der Waals surface area (Å²) in [6.45, 7) is 2.67. The van der Waals surface area contributed by atoms with E-state index in [1.54, 1.807) is 12.1 Å². The van der Waals surface area contributed by atoms with Crippen LogP contribution in [0, 0.1) is 5.82 Å². The van der Waals surface area contributed by atoms with E-state index in [0.717, 1.165) is 41.4 Å². The van der Waals surface area contributed by atoms with Crippen molar-refractivity contribution >= 4 is 10.9 Å². The van der Waals surface area contributed by atoms with Crippen LogP contribution in [0.15, 0.2) is 59.0 Å². The fourth-order valence-corrected chi connectivity index (χ4v) is 3.16. The van der Waals surface area contributed by atoms with Gasteiger partial charge in [-0.05, 0) is 36.2 Å². The molecule has 4 aromatic rings. The molecular formula is C21H20FN3O. The molecule has 2 aromatic heterocycles. The molecule has 2 heterocycles. The van der Waals surface area contributed by atoms with Gasteiger partial charge in [0.25, 0.3) is 5.89 Å². The van der Waals surface area contributed by atoms with Crippen molar-refractivity contribution in [3.8, 4) is 11.6 Å². The molecule has 0 amide bonds. The van der Waals surface area contributed by atoms with Gasteiger partial charge in [-0.3, -0.25) is 0 Å². The molecule has 0 fully saturated rings. The predicted octanol–water partition coefficient (Wildman–Crippen LogP) is 5.22. The van der Waals surface area contributed by atoms with E-state index in [1.165, 1.54) is 6.07 Å². The van der Waals surface area contributed by atoms with E-state index in [9.17, 15) is 4.39 Å². The van der Waals surface area contributed by atoms with Crippen LogP contribution >= 0.6 is 0 Å². The second-order valence-electron chi connectivity index (χ2n) is 6.41. The summed E-state index contributed by atoms with van der Waals surface area (Å²) in [5.41, 5.74) is 2.80. The van der Waals surface area contributed by atoms with Crippen LogP contribution in [0.3, 0.4) is 0 Å². The third-order valence-electron chi connectivity index (χ3n) is 4.47. The van der Waals surface area contributed by atoms with Gasteiger partial charge < -0.3 is 8.98 Å². The lowest BCUT2D eigenvalue weighted by atomic mass is 10.2. The molecule has 2 aromatic carbocycles. The smallest absolute Gasteiger partial charge is 0.264 e. The first-order chi connectivity index (χ1) is 12.7. The Bertz CT molecular complexity index is 1030. The van der Waals surface area contributed by atoms with E-state index < -0.39 is 0 Å². The van der Waals surface area contributed by atoms with Crippen molar-refractivity contribution in [1.29, 1.82) is 0 Å². The molecule has 4 rings (SSSR count). The molecule has 4 nitrogen and oxygen atoms in total. The number of aryl methyl sites for hydroxylation is 1. The van der Waals surface area contributed by atoms with Crippen molar-refractivity contribution in [1.82, 2.24) is 14.8 Å². The number of aromatic nitrogens is 3. The molecular weight excluding hydrogens is 329 g/mol. The van der Waals surface area contributed by atoms with Crippen molar-refractivity contribution in [2.45, 2.75) is 32.7 Å². The van der Waals surface area contributed by atoms with E-state index in [0.29, 0.717) is 18.3 Å². The minimum Gasteiger partial charge on any atom is -0.419 e. The molecule has 0 N–H and O–H groups in total. The normalized spacial score (nSPS) is 11.3. The molecule has 0 spiro atoms. The summed E-state index contributed by atoms with van der Waals surface area (Å²) >= 11 is 0. The highest BCUT2D eigenvalue weighted by Crippen LogP contribution is 2.28. The topological polar surface area (TPSA) is 43.9 Å². The number of hydrogen-bond donors (Lipinski definition) is 0. The minimum atomic E-state index is -0.236. The molecule has 0 saturated heterocycles. The van der Waals surface area contributed by atoms with Gasteiger partial charge in [-0.2, -0.15) is 0 Å². The summed E-state index contributed by atoms with van der Waals surface area (Å²) in [5, 5.41) is 9.51. The molecule has 26 heavy (non-hydrogen) atoms. The maximum absolute atomic E-state index is 13.6. The fraction of sp³-hybridized carbons (Fsp3) is 0.238. The van der Waals surface area contributed by atoms with Gasteiger partial charge in [-0.1, -0.05) is 43.7 Å². The van der Waals surface area contributed by atoms with E-state index in [2.05, 4.69) is 27.8 Å². The van der Waals surface area contributed by atoms with Gasteiger partial charge in [0.1, 0.15) is 11.5 Å². The van der Waals surface area contributed by atoms with Crippen molar-refractivity contribution in [2.75, 3.05) is 0 Å². The van der Waals surface area contributed by atoms with E-state index in [1.807, 2.05) is 30.3 Å². The van der Waals surface area contributed by atoms with E-state index in [4.69, 9.17) is 4.42 Å². The van der Waals surface area contributed by atoms with Crippen molar-refractivity contribution < 1.29 is 8.81 Å². The number of unbranched alkanes of at least 4 members (excludes halogenated alkanes) is 1. The third kappa shape index (κ3) is 3.25. The number of rotatable bonds is 6. The summed E-state index contributed by atoms with van der Waals surface area (Å²) in [5.74, 6) is 0.924. The summed E-state index contributed by atoms with van der Waals surface area (Å²) in [6, 6.07) is 16.8. The van der Waals surface area contributed by atoms with Crippen LogP contribution < -0.4 is 0 Å². The van der Waals surface area contributed by atoms with Gasteiger partial charge in [0.05, 0.1) is 0 Å². The highest BCUT2D eigenvalue weighted by molar-refractivity contribution is 5.85. The van der Waals surface area contributed by atoms with Gasteiger partial charge in [-0.25, -0.2) is 4.39 Å². The van der Waals surface area contributed by atoms with Gasteiger partial charge in [0.2, 0.25) is 5.89 Å². The summed E-state index contributed by atoms with van der Waals surface area (Å²) in [4.78, 5) is 0. The first kappa shape index (κ1) is 16.5. The molecule has 5 heteroatoms. The number of benzene rings is 2. The number of nitrogens with zero attached hydrogens (tertiary/aromatic N) is 3. The Morgan fingerprint density at radius 2 is 1.92 bits per heavy atom. The van der Waals surface area contributed by atoms with E-state index in [-0.39, 0.29) is 5.82 Å². The molecule has 0 bridgehead atoms. The SMILES string of the molecule is CCCCc1nnc(-c2cc3ccccc3n2Cc2cccc(F)c2)o1. The molecule has 132 valence electrons. The zero-order chi connectivity index (χ0) is 17.9. The largest absolute Gasteiger partial charge is 0.419 e. The fourth-order valence-electron chi connectivity index (χ4n) is 3.16. The Morgan fingerprint density at radius 1 is 1.04 bits per heavy atom. The van der Waals surface area contributed by atoms with Gasteiger partial charge in [0, 0.05) is 23.9 Å². The van der Waals surface area contributed by atoms with Crippen LogP contribution in [0.4, 0.5) is 4.39 Å². The van der Waals surface area contributed by atoms with E-state index >= 15 is 0 Å². The van der Waals surface area contributed by atoms with Gasteiger partial charge >= 0.3 is 0 Å². The lowest BCUT2D eigenvalue weighted by Crippen LogP contribution is -2.02. The second kappa shape index (κ2) is 7.12. The maximum atomic E-state index is 13.6. The molecule has 0 aliphatic heterocycles. The van der Waals surface area contributed by atoms with Crippen molar-refractivity contribution in [3.05, 3.63) is 71.9 Å². The monoisotopic (exact) mass is 349 g/mol. The predicted molar refractivity (Wildman–Crippen MR) is 99.3 cm³/mol. The molecule has 0 unspecified atom stereocenters. The van der Waals surface area contributed by atoms with Crippen molar-refractivity contribution in [2.24, 2.45) is 0 Å². The first-order valence-electron chi connectivity index (χ1n) is 8.90. The Balaban J connectivity index is 1.77. The Labute approximate surface area is 151 Å². The first-order valence-corrected chi connectivity index (χ1v) is 8.90. The number of fused-ring (bicyclic) bond motifs is 1.